The number of rotatable bonds is 4. The molecule has 0 bridgehead atoms. The van der Waals surface area contributed by atoms with Crippen LogP contribution in [0.1, 0.15) is 22.8 Å². The molecule has 0 saturated carbocycles. The third-order valence-corrected chi connectivity index (χ3v) is 2.19. The molecule has 4 nitrogen and oxygen atoms in total. The lowest BCUT2D eigenvalue weighted by molar-refractivity contribution is -0.138. The molecular formula is C11H12FNO3. The molecular weight excluding hydrogens is 213 g/mol. The number of aliphatic carboxylic acids is 1. The Morgan fingerprint density at radius 2 is 2.12 bits per heavy atom. The lowest BCUT2D eigenvalue weighted by atomic mass is 10.0. The van der Waals surface area contributed by atoms with E-state index in [1.54, 1.807) is 0 Å². The standard InChI is InChI=1S/C11H12FNO3/c1-6(14)8-3-2-7(4-9(8)12)5-10(13)11(15)16/h2-4,10H,5,13H2,1H3,(H,15,16). The highest BCUT2D eigenvalue weighted by molar-refractivity contribution is 5.94. The normalized spacial score (nSPS) is 12.2. The van der Waals surface area contributed by atoms with E-state index in [4.69, 9.17) is 10.8 Å². The minimum Gasteiger partial charge on any atom is -0.480 e. The van der Waals surface area contributed by atoms with Crippen molar-refractivity contribution >= 4 is 11.8 Å². The number of halogens is 1. The molecule has 0 aliphatic rings. The summed E-state index contributed by atoms with van der Waals surface area (Å²) in [5.41, 5.74) is 5.76. The second-order valence-electron chi connectivity index (χ2n) is 3.52. The van der Waals surface area contributed by atoms with Crippen molar-refractivity contribution < 1.29 is 19.1 Å². The lowest BCUT2D eigenvalue weighted by Crippen LogP contribution is -2.32. The summed E-state index contributed by atoms with van der Waals surface area (Å²) < 4.78 is 13.3. The van der Waals surface area contributed by atoms with Gasteiger partial charge in [-0.25, -0.2) is 4.39 Å². The molecule has 3 N–H and O–H groups in total. The Morgan fingerprint density at radius 1 is 1.50 bits per heavy atom. The molecule has 1 aromatic rings. The maximum atomic E-state index is 13.3. The van der Waals surface area contributed by atoms with Crippen LogP contribution < -0.4 is 5.73 Å². The minimum absolute atomic E-state index is 0.00681. The van der Waals surface area contributed by atoms with Gasteiger partial charge in [0.05, 0.1) is 5.56 Å². The fraction of sp³-hybridized carbons (Fsp3) is 0.273. The summed E-state index contributed by atoms with van der Waals surface area (Å²) in [6, 6.07) is 2.91. The van der Waals surface area contributed by atoms with Crippen molar-refractivity contribution in [3.05, 3.63) is 35.1 Å². The van der Waals surface area contributed by atoms with Crippen molar-refractivity contribution in [2.45, 2.75) is 19.4 Å². The van der Waals surface area contributed by atoms with Crippen LogP contribution in [0.4, 0.5) is 4.39 Å². The summed E-state index contributed by atoms with van der Waals surface area (Å²) in [6.07, 6.45) is 0.0322. The molecule has 0 aliphatic carbocycles. The predicted octanol–water partition coefficient (Wildman–Crippen LogP) is 0.983. The molecule has 0 radical (unpaired) electrons. The number of benzene rings is 1. The van der Waals surface area contributed by atoms with Gasteiger partial charge in [0, 0.05) is 0 Å². The molecule has 0 spiro atoms. The summed E-state index contributed by atoms with van der Waals surface area (Å²) in [5, 5.41) is 8.58. The van der Waals surface area contributed by atoms with Crippen LogP contribution in [0.25, 0.3) is 0 Å². The Morgan fingerprint density at radius 3 is 2.56 bits per heavy atom. The van der Waals surface area contributed by atoms with E-state index in [0.717, 1.165) is 6.07 Å². The predicted molar refractivity (Wildman–Crippen MR) is 55.7 cm³/mol. The number of hydrogen-bond donors (Lipinski definition) is 2. The second-order valence-corrected chi connectivity index (χ2v) is 3.52. The van der Waals surface area contributed by atoms with Gasteiger partial charge in [0.1, 0.15) is 11.9 Å². The highest BCUT2D eigenvalue weighted by atomic mass is 19.1. The number of Topliss-reactive ketones (excluding diaryl/α,β-unsaturated/α-hetero) is 1. The molecule has 0 aromatic heterocycles. The number of carboxylic acid groups (broad SMARTS) is 1. The van der Waals surface area contributed by atoms with Gasteiger partial charge < -0.3 is 10.8 Å². The van der Waals surface area contributed by atoms with E-state index in [0.29, 0.717) is 5.56 Å². The van der Waals surface area contributed by atoms with E-state index in [1.165, 1.54) is 19.1 Å². The van der Waals surface area contributed by atoms with Gasteiger partial charge in [-0.1, -0.05) is 6.07 Å². The Bertz CT molecular complexity index is 431. The van der Waals surface area contributed by atoms with Crippen molar-refractivity contribution in [2.24, 2.45) is 5.73 Å². The molecule has 86 valence electrons. The van der Waals surface area contributed by atoms with Crippen molar-refractivity contribution in [3.63, 3.8) is 0 Å². The molecule has 1 rings (SSSR count). The van der Waals surface area contributed by atoms with Crippen LogP contribution in [0.3, 0.4) is 0 Å². The molecule has 1 unspecified atom stereocenters. The zero-order valence-electron chi connectivity index (χ0n) is 8.74. The van der Waals surface area contributed by atoms with E-state index < -0.39 is 17.8 Å². The fourth-order valence-electron chi connectivity index (χ4n) is 1.31. The van der Waals surface area contributed by atoms with Gasteiger partial charge in [-0.2, -0.15) is 0 Å². The fourth-order valence-corrected chi connectivity index (χ4v) is 1.31. The average Bonchev–Trinajstić information content (AvgIpc) is 2.16. The SMILES string of the molecule is CC(=O)c1ccc(CC(N)C(=O)O)cc1F. The smallest absolute Gasteiger partial charge is 0.320 e. The molecule has 1 atom stereocenters. The molecule has 16 heavy (non-hydrogen) atoms. The summed E-state index contributed by atoms with van der Waals surface area (Å²) >= 11 is 0. The van der Waals surface area contributed by atoms with E-state index >= 15 is 0 Å². The first-order valence-electron chi connectivity index (χ1n) is 4.69. The Labute approximate surface area is 91.9 Å². The summed E-state index contributed by atoms with van der Waals surface area (Å²) in [6.45, 7) is 1.26. The van der Waals surface area contributed by atoms with Crippen molar-refractivity contribution in [1.82, 2.24) is 0 Å². The van der Waals surface area contributed by atoms with E-state index in [-0.39, 0.29) is 17.8 Å². The average molecular weight is 225 g/mol. The number of ketones is 1. The van der Waals surface area contributed by atoms with Crippen LogP contribution in [0.2, 0.25) is 0 Å². The first kappa shape index (κ1) is 12.3. The molecule has 0 amide bonds. The van der Waals surface area contributed by atoms with Crippen LogP contribution >= 0.6 is 0 Å². The van der Waals surface area contributed by atoms with E-state index in [2.05, 4.69) is 0 Å². The summed E-state index contributed by atoms with van der Waals surface area (Å²) in [7, 11) is 0. The topological polar surface area (TPSA) is 80.4 Å². The molecule has 1 aromatic carbocycles. The van der Waals surface area contributed by atoms with Crippen molar-refractivity contribution in [1.29, 1.82) is 0 Å². The van der Waals surface area contributed by atoms with Gasteiger partial charge in [-0.05, 0) is 31.0 Å². The van der Waals surface area contributed by atoms with Crippen LogP contribution in [0.15, 0.2) is 18.2 Å². The minimum atomic E-state index is -1.14. The van der Waals surface area contributed by atoms with Crippen LogP contribution in [-0.4, -0.2) is 22.9 Å². The maximum absolute atomic E-state index is 13.3. The van der Waals surface area contributed by atoms with Crippen LogP contribution in [-0.2, 0) is 11.2 Å². The first-order valence-corrected chi connectivity index (χ1v) is 4.69. The van der Waals surface area contributed by atoms with Gasteiger partial charge >= 0.3 is 5.97 Å². The van der Waals surface area contributed by atoms with E-state index in [1.807, 2.05) is 0 Å². The second kappa shape index (κ2) is 4.85. The van der Waals surface area contributed by atoms with Gasteiger partial charge in [0.25, 0.3) is 0 Å². The number of carbonyl (C=O) groups excluding carboxylic acids is 1. The molecule has 0 saturated heterocycles. The third kappa shape index (κ3) is 2.87. The van der Waals surface area contributed by atoms with Crippen molar-refractivity contribution in [2.75, 3.05) is 0 Å². The zero-order chi connectivity index (χ0) is 12.3. The molecule has 0 heterocycles. The van der Waals surface area contributed by atoms with Gasteiger partial charge in [-0.3, -0.25) is 9.59 Å². The Balaban J connectivity index is 2.89. The number of carboxylic acids is 1. The largest absolute Gasteiger partial charge is 0.480 e. The van der Waals surface area contributed by atoms with Gasteiger partial charge in [0.2, 0.25) is 0 Å². The number of carbonyl (C=O) groups is 2. The van der Waals surface area contributed by atoms with Gasteiger partial charge in [-0.15, -0.1) is 0 Å². The van der Waals surface area contributed by atoms with Crippen LogP contribution in [0, 0.1) is 5.82 Å². The zero-order valence-corrected chi connectivity index (χ0v) is 8.74. The third-order valence-electron chi connectivity index (χ3n) is 2.19. The number of nitrogens with two attached hydrogens (primary N) is 1. The van der Waals surface area contributed by atoms with Crippen LogP contribution in [0.5, 0.6) is 0 Å². The highest BCUT2D eigenvalue weighted by Crippen LogP contribution is 2.12. The van der Waals surface area contributed by atoms with Gasteiger partial charge in [0.15, 0.2) is 5.78 Å². The quantitative estimate of drug-likeness (QED) is 0.748. The highest BCUT2D eigenvalue weighted by Gasteiger charge is 2.14. The number of hydrogen-bond acceptors (Lipinski definition) is 3. The monoisotopic (exact) mass is 225 g/mol. The molecule has 5 heteroatoms. The summed E-state index contributed by atoms with van der Waals surface area (Å²) in [4.78, 5) is 21.4. The maximum Gasteiger partial charge on any atom is 0.320 e. The summed E-state index contributed by atoms with van der Waals surface area (Å²) in [5.74, 6) is -2.16. The lowest BCUT2D eigenvalue weighted by Gasteiger charge is -2.07. The van der Waals surface area contributed by atoms with E-state index in [9.17, 15) is 14.0 Å². The molecule has 0 fully saturated rings. The Kier molecular flexibility index (Phi) is 3.73. The first-order chi connectivity index (χ1) is 7.41. The van der Waals surface area contributed by atoms with Crippen molar-refractivity contribution in [3.8, 4) is 0 Å². The molecule has 0 aliphatic heterocycles. The Hall–Kier alpha value is -1.75.